The molecule has 0 spiro atoms. The number of hydrogen-bond donors (Lipinski definition) is 1. The summed E-state index contributed by atoms with van der Waals surface area (Å²) in [7, 11) is 0. The molecule has 0 unspecified atom stereocenters. The van der Waals surface area contributed by atoms with Crippen molar-refractivity contribution in [3.05, 3.63) is 15.6 Å². The maximum Gasteiger partial charge on any atom is 0.263 e. The SMILES string of the molecule is CCN(CC)CCNC(=O)c1sc(C)nc1C. The summed E-state index contributed by atoms with van der Waals surface area (Å²) in [4.78, 5) is 19.2. The van der Waals surface area contributed by atoms with Crippen LogP contribution in [-0.4, -0.2) is 42.0 Å². The number of hydrogen-bond acceptors (Lipinski definition) is 4. The van der Waals surface area contributed by atoms with Gasteiger partial charge >= 0.3 is 0 Å². The smallest absolute Gasteiger partial charge is 0.263 e. The zero-order chi connectivity index (χ0) is 12.8. The Morgan fingerprint density at radius 3 is 2.47 bits per heavy atom. The summed E-state index contributed by atoms with van der Waals surface area (Å²) in [5.41, 5.74) is 0.827. The molecule has 0 aliphatic carbocycles. The van der Waals surface area contributed by atoms with E-state index in [1.54, 1.807) is 0 Å². The van der Waals surface area contributed by atoms with Gasteiger partial charge in [-0.25, -0.2) is 4.98 Å². The summed E-state index contributed by atoms with van der Waals surface area (Å²) in [6.07, 6.45) is 0. The maximum absolute atomic E-state index is 11.9. The molecule has 0 saturated heterocycles. The Labute approximate surface area is 107 Å². The standard InChI is InChI=1S/C12H21N3OS/c1-5-15(6-2)8-7-13-12(16)11-9(3)14-10(4)17-11/h5-8H2,1-4H3,(H,13,16). The average molecular weight is 255 g/mol. The molecule has 4 nitrogen and oxygen atoms in total. The monoisotopic (exact) mass is 255 g/mol. The van der Waals surface area contributed by atoms with Gasteiger partial charge in [-0.1, -0.05) is 13.8 Å². The fourth-order valence-electron chi connectivity index (χ4n) is 1.69. The Bertz CT molecular complexity index is 372. The highest BCUT2D eigenvalue weighted by atomic mass is 32.1. The minimum atomic E-state index is 0.000237. The van der Waals surface area contributed by atoms with Crippen molar-refractivity contribution in [1.82, 2.24) is 15.2 Å². The number of aromatic nitrogens is 1. The lowest BCUT2D eigenvalue weighted by molar-refractivity contribution is 0.0952. The average Bonchev–Trinajstić information content (AvgIpc) is 2.64. The number of nitrogens with zero attached hydrogens (tertiary/aromatic N) is 2. The molecule has 0 fully saturated rings. The van der Waals surface area contributed by atoms with Crippen molar-refractivity contribution in [1.29, 1.82) is 0 Å². The van der Waals surface area contributed by atoms with Crippen LogP contribution >= 0.6 is 11.3 Å². The van der Waals surface area contributed by atoms with Gasteiger partial charge in [0.15, 0.2) is 0 Å². The minimum Gasteiger partial charge on any atom is -0.350 e. The fraction of sp³-hybridized carbons (Fsp3) is 0.667. The van der Waals surface area contributed by atoms with Gasteiger partial charge in [-0.05, 0) is 26.9 Å². The zero-order valence-corrected chi connectivity index (χ0v) is 11.9. The first-order chi connectivity index (χ1) is 8.08. The van der Waals surface area contributed by atoms with Crippen LogP contribution < -0.4 is 5.32 Å². The van der Waals surface area contributed by atoms with Crippen LogP contribution in [0, 0.1) is 13.8 Å². The van der Waals surface area contributed by atoms with Gasteiger partial charge in [0.25, 0.3) is 5.91 Å². The van der Waals surface area contributed by atoms with Crippen LogP contribution in [0.3, 0.4) is 0 Å². The fourth-order valence-corrected chi connectivity index (χ4v) is 2.53. The van der Waals surface area contributed by atoms with Crippen molar-refractivity contribution in [3.8, 4) is 0 Å². The second kappa shape index (κ2) is 6.71. The Morgan fingerprint density at radius 2 is 2.00 bits per heavy atom. The third-order valence-electron chi connectivity index (χ3n) is 2.72. The molecule has 17 heavy (non-hydrogen) atoms. The van der Waals surface area contributed by atoms with E-state index in [-0.39, 0.29) is 5.91 Å². The molecule has 1 amide bonds. The lowest BCUT2D eigenvalue weighted by Gasteiger charge is -2.17. The van der Waals surface area contributed by atoms with Crippen molar-refractivity contribution in [2.24, 2.45) is 0 Å². The molecular formula is C12H21N3OS. The van der Waals surface area contributed by atoms with E-state index in [2.05, 4.69) is 29.0 Å². The number of amides is 1. The summed E-state index contributed by atoms with van der Waals surface area (Å²) >= 11 is 1.46. The van der Waals surface area contributed by atoms with Crippen LogP contribution in [0.15, 0.2) is 0 Å². The van der Waals surface area contributed by atoms with Crippen molar-refractivity contribution in [3.63, 3.8) is 0 Å². The summed E-state index contributed by atoms with van der Waals surface area (Å²) < 4.78 is 0. The molecule has 0 atom stereocenters. The summed E-state index contributed by atoms with van der Waals surface area (Å²) in [6, 6.07) is 0. The molecule has 0 bridgehead atoms. The Kier molecular flexibility index (Phi) is 5.58. The lowest BCUT2D eigenvalue weighted by Crippen LogP contribution is -2.34. The third-order valence-corrected chi connectivity index (χ3v) is 3.79. The van der Waals surface area contributed by atoms with Gasteiger partial charge in [0, 0.05) is 13.1 Å². The van der Waals surface area contributed by atoms with E-state index in [9.17, 15) is 4.79 Å². The zero-order valence-electron chi connectivity index (χ0n) is 11.0. The molecule has 1 aromatic heterocycles. The van der Waals surface area contributed by atoms with Crippen LogP contribution in [-0.2, 0) is 0 Å². The predicted molar refractivity (Wildman–Crippen MR) is 71.7 cm³/mol. The van der Waals surface area contributed by atoms with Crippen LogP contribution in [0.25, 0.3) is 0 Å². The summed E-state index contributed by atoms with van der Waals surface area (Å²) in [6.45, 7) is 11.7. The second-order valence-corrected chi connectivity index (χ2v) is 5.13. The highest BCUT2D eigenvalue weighted by molar-refractivity contribution is 7.13. The molecule has 0 aromatic carbocycles. The molecular weight excluding hydrogens is 234 g/mol. The highest BCUT2D eigenvalue weighted by Gasteiger charge is 2.13. The molecule has 96 valence electrons. The van der Waals surface area contributed by atoms with Gasteiger partial charge < -0.3 is 10.2 Å². The van der Waals surface area contributed by atoms with Crippen LogP contribution in [0.1, 0.15) is 34.2 Å². The van der Waals surface area contributed by atoms with E-state index < -0.39 is 0 Å². The minimum absolute atomic E-state index is 0.000237. The van der Waals surface area contributed by atoms with Crippen LogP contribution in [0.4, 0.5) is 0 Å². The van der Waals surface area contributed by atoms with E-state index >= 15 is 0 Å². The topological polar surface area (TPSA) is 45.2 Å². The van der Waals surface area contributed by atoms with Crippen LogP contribution in [0.2, 0.25) is 0 Å². The van der Waals surface area contributed by atoms with E-state index in [1.165, 1.54) is 11.3 Å². The van der Waals surface area contributed by atoms with E-state index in [1.807, 2.05) is 13.8 Å². The van der Waals surface area contributed by atoms with Gasteiger partial charge in [-0.3, -0.25) is 4.79 Å². The van der Waals surface area contributed by atoms with E-state index in [0.717, 1.165) is 35.2 Å². The largest absolute Gasteiger partial charge is 0.350 e. The number of carbonyl (C=O) groups excluding carboxylic acids is 1. The molecule has 0 saturated carbocycles. The maximum atomic E-state index is 11.9. The van der Waals surface area contributed by atoms with Crippen molar-refractivity contribution in [2.45, 2.75) is 27.7 Å². The van der Waals surface area contributed by atoms with Crippen LogP contribution in [0.5, 0.6) is 0 Å². The number of thiazole rings is 1. The normalized spacial score (nSPS) is 10.9. The number of aryl methyl sites for hydroxylation is 2. The Morgan fingerprint density at radius 1 is 1.35 bits per heavy atom. The summed E-state index contributed by atoms with van der Waals surface area (Å²) in [5.74, 6) is 0.000237. The van der Waals surface area contributed by atoms with E-state index in [0.29, 0.717) is 6.54 Å². The number of likely N-dealkylation sites (N-methyl/N-ethyl adjacent to an activating group) is 1. The molecule has 5 heteroatoms. The molecule has 0 aliphatic heterocycles. The van der Waals surface area contributed by atoms with Crippen molar-refractivity contribution in [2.75, 3.05) is 26.2 Å². The van der Waals surface area contributed by atoms with Crippen molar-refractivity contribution < 1.29 is 4.79 Å². The Balaban J connectivity index is 2.42. The van der Waals surface area contributed by atoms with Gasteiger partial charge in [-0.2, -0.15) is 0 Å². The predicted octanol–water partition coefficient (Wildman–Crippen LogP) is 1.83. The molecule has 1 heterocycles. The molecule has 0 aliphatic rings. The number of carbonyl (C=O) groups is 1. The first kappa shape index (κ1) is 14.1. The Hall–Kier alpha value is -0.940. The first-order valence-electron chi connectivity index (χ1n) is 6.03. The quantitative estimate of drug-likeness (QED) is 0.843. The van der Waals surface area contributed by atoms with Crippen molar-refractivity contribution >= 4 is 17.2 Å². The lowest BCUT2D eigenvalue weighted by atomic mass is 10.3. The third kappa shape index (κ3) is 4.09. The molecule has 0 radical (unpaired) electrons. The summed E-state index contributed by atoms with van der Waals surface area (Å²) in [5, 5.41) is 3.88. The first-order valence-corrected chi connectivity index (χ1v) is 6.84. The van der Waals surface area contributed by atoms with Gasteiger partial charge in [0.05, 0.1) is 10.7 Å². The van der Waals surface area contributed by atoms with Gasteiger partial charge in [-0.15, -0.1) is 11.3 Å². The number of rotatable bonds is 6. The highest BCUT2D eigenvalue weighted by Crippen LogP contribution is 2.16. The number of nitrogens with one attached hydrogen (secondary N) is 1. The second-order valence-electron chi connectivity index (χ2n) is 3.93. The van der Waals surface area contributed by atoms with Gasteiger partial charge in [0.1, 0.15) is 4.88 Å². The molecule has 1 N–H and O–H groups in total. The molecule has 1 aromatic rings. The van der Waals surface area contributed by atoms with Gasteiger partial charge in [0.2, 0.25) is 0 Å². The van der Waals surface area contributed by atoms with E-state index in [4.69, 9.17) is 0 Å². The molecule has 1 rings (SSSR count).